The Morgan fingerprint density at radius 2 is 2.05 bits per heavy atom. The molecule has 0 atom stereocenters. The standard InChI is InChI=1S/C14H16FN3.ClH/c15-13-8-11-2-1-3-17-14(11)12(9-13)10-18-6-4-16-5-7-18;/h1-3,8-9,16H,4-7,10H2;1H. The summed E-state index contributed by atoms with van der Waals surface area (Å²) in [6.45, 7) is 4.78. The normalized spacial score (nSPS) is 16.3. The predicted molar refractivity (Wildman–Crippen MR) is 77.1 cm³/mol. The zero-order valence-corrected chi connectivity index (χ0v) is 11.4. The van der Waals surface area contributed by atoms with E-state index >= 15 is 0 Å². The van der Waals surface area contributed by atoms with E-state index in [-0.39, 0.29) is 18.2 Å². The molecule has 0 unspecified atom stereocenters. The third-order valence-corrected chi connectivity index (χ3v) is 3.35. The van der Waals surface area contributed by atoms with Gasteiger partial charge in [-0.15, -0.1) is 12.4 Å². The lowest BCUT2D eigenvalue weighted by atomic mass is 10.1. The van der Waals surface area contributed by atoms with Crippen LogP contribution in [0.5, 0.6) is 0 Å². The lowest BCUT2D eigenvalue weighted by Crippen LogP contribution is -2.42. The minimum Gasteiger partial charge on any atom is -0.314 e. The van der Waals surface area contributed by atoms with Crippen LogP contribution >= 0.6 is 12.4 Å². The summed E-state index contributed by atoms with van der Waals surface area (Å²) < 4.78 is 13.6. The number of benzene rings is 1. The number of hydrogen-bond acceptors (Lipinski definition) is 3. The molecule has 0 spiro atoms. The molecule has 0 amide bonds. The molecular weight excluding hydrogens is 265 g/mol. The van der Waals surface area contributed by atoms with E-state index in [0.29, 0.717) is 0 Å². The molecule has 0 bridgehead atoms. The van der Waals surface area contributed by atoms with Gasteiger partial charge in [-0.1, -0.05) is 6.07 Å². The van der Waals surface area contributed by atoms with E-state index in [9.17, 15) is 4.39 Å². The zero-order chi connectivity index (χ0) is 12.4. The van der Waals surface area contributed by atoms with Crippen LogP contribution in [0.15, 0.2) is 30.5 Å². The van der Waals surface area contributed by atoms with Crippen molar-refractivity contribution in [2.24, 2.45) is 0 Å². The molecule has 19 heavy (non-hydrogen) atoms. The average molecular weight is 282 g/mol. The Morgan fingerprint density at radius 1 is 1.26 bits per heavy atom. The third kappa shape index (κ3) is 3.21. The van der Waals surface area contributed by atoms with Crippen LogP contribution in [-0.2, 0) is 6.54 Å². The van der Waals surface area contributed by atoms with Crippen molar-refractivity contribution in [2.45, 2.75) is 6.54 Å². The number of nitrogens with one attached hydrogen (secondary N) is 1. The first kappa shape index (κ1) is 14.2. The smallest absolute Gasteiger partial charge is 0.124 e. The number of nitrogens with zero attached hydrogens (tertiary/aromatic N) is 2. The van der Waals surface area contributed by atoms with Crippen LogP contribution in [0.1, 0.15) is 5.56 Å². The molecule has 2 aromatic rings. The zero-order valence-electron chi connectivity index (χ0n) is 10.6. The first-order chi connectivity index (χ1) is 8.83. The fraction of sp³-hybridized carbons (Fsp3) is 0.357. The van der Waals surface area contributed by atoms with Gasteiger partial charge in [0.15, 0.2) is 0 Å². The highest BCUT2D eigenvalue weighted by Gasteiger charge is 2.13. The first-order valence-electron chi connectivity index (χ1n) is 6.29. The maximum atomic E-state index is 13.6. The first-order valence-corrected chi connectivity index (χ1v) is 6.29. The van der Waals surface area contributed by atoms with E-state index in [2.05, 4.69) is 15.2 Å². The molecule has 1 aromatic carbocycles. The molecule has 0 aliphatic carbocycles. The second-order valence-corrected chi connectivity index (χ2v) is 4.67. The monoisotopic (exact) mass is 281 g/mol. The minimum absolute atomic E-state index is 0. The second kappa shape index (κ2) is 6.28. The predicted octanol–water partition coefficient (Wildman–Crippen LogP) is 2.20. The fourth-order valence-electron chi connectivity index (χ4n) is 2.46. The molecule has 0 radical (unpaired) electrons. The lowest BCUT2D eigenvalue weighted by molar-refractivity contribution is 0.233. The summed E-state index contributed by atoms with van der Waals surface area (Å²) in [5, 5.41) is 4.20. The topological polar surface area (TPSA) is 28.2 Å². The van der Waals surface area contributed by atoms with Crippen molar-refractivity contribution in [2.75, 3.05) is 26.2 Å². The maximum absolute atomic E-state index is 13.6. The average Bonchev–Trinajstić information content (AvgIpc) is 2.40. The second-order valence-electron chi connectivity index (χ2n) is 4.67. The van der Waals surface area contributed by atoms with E-state index in [1.165, 1.54) is 0 Å². The molecule has 3 rings (SSSR count). The highest BCUT2D eigenvalue weighted by molar-refractivity contribution is 5.85. The molecule has 5 heteroatoms. The maximum Gasteiger partial charge on any atom is 0.124 e. The van der Waals surface area contributed by atoms with Crippen LogP contribution in [0.25, 0.3) is 10.9 Å². The number of fused-ring (bicyclic) bond motifs is 1. The summed E-state index contributed by atoms with van der Waals surface area (Å²) in [6, 6.07) is 6.91. The van der Waals surface area contributed by atoms with E-state index < -0.39 is 0 Å². The van der Waals surface area contributed by atoms with Crippen molar-refractivity contribution in [3.63, 3.8) is 0 Å². The van der Waals surface area contributed by atoms with E-state index in [0.717, 1.165) is 49.2 Å². The van der Waals surface area contributed by atoms with E-state index in [4.69, 9.17) is 0 Å². The molecule has 0 saturated carbocycles. The summed E-state index contributed by atoms with van der Waals surface area (Å²) >= 11 is 0. The van der Waals surface area contributed by atoms with Crippen molar-refractivity contribution >= 4 is 23.3 Å². The molecule has 2 heterocycles. The lowest BCUT2D eigenvalue weighted by Gasteiger charge is -2.27. The van der Waals surface area contributed by atoms with Crippen LogP contribution in [0.3, 0.4) is 0 Å². The van der Waals surface area contributed by atoms with Gasteiger partial charge in [-0.2, -0.15) is 0 Å². The van der Waals surface area contributed by atoms with Gasteiger partial charge >= 0.3 is 0 Å². The van der Waals surface area contributed by atoms with Gasteiger partial charge in [-0.25, -0.2) is 4.39 Å². The summed E-state index contributed by atoms with van der Waals surface area (Å²) in [5.41, 5.74) is 1.89. The molecule has 1 aromatic heterocycles. The Bertz CT molecular complexity index is 555. The van der Waals surface area contributed by atoms with Gasteiger partial charge in [0.2, 0.25) is 0 Å². The van der Waals surface area contributed by atoms with Crippen LogP contribution in [0, 0.1) is 5.82 Å². The Kier molecular flexibility index (Phi) is 4.69. The van der Waals surface area contributed by atoms with E-state index in [1.54, 1.807) is 18.3 Å². The van der Waals surface area contributed by atoms with Crippen LogP contribution in [0.2, 0.25) is 0 Å². The Balaban J connectivity index is 0.00000133. The van der Waals surface area contributed by atoms with Crippen molar-refractivity contribution in [1.29, 1.82) is 0 Å². The molecule has 3 nitrogen and oxygen atoms in total. The largest absolute Gasteiger partial charge is 0.314 e. The summed E-state index contributed by atoms with van der Waals surface area (Å²) in [5.74, 6) is -0.180. The van der Waals surface area contributed by atoms with Gasteiger partial charge in [-0.3, -0.25) is 9.88 Å². The number of pyridine rings is 1. The van der Waals surface area contributed by atoms with Gasteiger partial charge in [-0.05, 0) is 23.8 Å². The van der Waals surface area contributed by atoms with Gasteiger partial charge in [0.1, 0.15) is 5.82 Å². The van der Waals surface area contributed by atoms with Gasteiger partial charge in [0.25, 0.3) is 0 Å². The molecule has 102 valence electrons. The molecule has 1 aliphatic heterocycles. The summed E-state index contributed by atoms with van der Waals surface area (Å²) in [7, 11) is 0. The molecular formula is C14H17ClFN3. The Morgan fingerprint density at radius 3 is 2.84 bits per heavy atom. The van der Waals surface area contributed by atoms with Gasteiger partial charge in [0, 0.05) is 44.3 Å². The van der Waals surface area contributed by atoms with Crippen molar-refractivity contribution in [1.82, 2.24) is 15.2 Å². The summed E-state index contributed by atoms with van der Waals surface area (Å²) in [6.07, 6.45) is 1.77. The van der Waals surface area contributed by atoms with Crippen molar-refractivity contribution < 1.29 is 4.39 Å². The summed E-state index contributed by atoms with van der Waals surface area (Å²) in [4.78, 5) is 6.71. The molecule has 1 aliphatic rings. The van der Waals surface area contributed by atoms with Crippen LogP contribution < -0.4 is 5.32 Å². The number of hydrogen-bond donors (Lipinski definition) is 1. The highest BCUT2D eigenvalue weighted by Crippen LogP contribution is 2.20. The highest BCUT2D eigenvalue weighted by atomic mass is 35.5. The van der Waals surface area contributed by atoms with Gasteiger partial charge < -0.3 is 5.32 Å². The van der Waals surface area contributed by atoms with Crippen molar-refractivity contribution in [3.05, 3.63) is 41.8 Å². The fourth-order valence-corrected chi connectivity index (χ4v) is 2.46. The molecule has 1 fully saturated rings. The Labute approximate surface area is 118 Å². The Hall–Kier alpha value is -1.23. The minimum atomic E-state index is -0.180. The number of halogens is 2. The van der Waals surface area contributed by atoms with Crippen LogP contribution in [-0.4, -0.2) is 36.1 Å². The quantitative estimate of drug-likeness (QED) is 0.915. The molecule has 1 saturated heterocycles. The third-order valence-electron chi connectivity index (χ3n) is 3.35. The molecule has 1 N–H and O–H groups in total. The van der Waals surface area contributed by atoms with Crippen LogP contribution in [0.4, 0.5) is 4.39 Å². The van der Waals surface area contributed by atoms with Gasteiger partial charge in [0.05, 0.1) is 5.52 Å². The number of piperazine rings is 1. The number of aromatic nitrogens is 1. The SMILES string of the molecule is Cl.Fc1cc(CN2CCNCC2)c2ncccc2c1. The number of rotatable bonds is 2. The van der Waals surface area contributed by atoms with Crippen molar-refractivity contribution in [3.8, 4) is 0 Å². The van der Waals surface area contributed by atoms with E-state index in [1.807, 2.05) is 12.1 Å².